The number of esters is 1. The van der Waals surface area contributed by atoms with Gasteiger partial charge in [-0.1, -0.05) is 18.2 Å². The molecular weight excluding hydrogens is 409 g/mol. The number of thiophene rings is 1. The number of amides is 1. The summed E-state index contributed by atoms with van der Waals surface area (Å²) in [6.07, 6.45) is 0. The molecule has 3 aromatic rings. The van der Waals surface area contributed by atoms with Crippen molar-refractivity contribution in [2.75, 3.05) is 19.8 Å². The average Bonchev–Trinajstić information content (AvgIpc) is 3.27. The van der Waals surface area contributed by atoms with E-state index in [9.17, 15) is 14.0 Å². The van der Waals surface area contributed by atoms with Gasteiger partial charge in [-0.15, -0.1) is 11.3 Å². The lowest BCUT2D eigenvalue weighted by atomic mass is 10.1. The molecule has 1 aromatic heterocycles. The molecule has 30 heavy (non-hydrogen) atoms. The van der Waals surface area contributed by atoms with Crippen LogP contribution in [0.2, 0.25) is 0 Å². The first-order chi connectivity index (χ1) is 14.6. The normalized spacial score (nSPS) is 12.3. The van der Waals surface area contributed by atoms with E-state index in [1.165, 1.54) is 17.4 Å². The van der Waals surface area contributed by atoms with E-state index in [-0.39, 0.29) is 6.54 Å². The van der Waals surface area contributed by atoms with Gasteiger partial charge >= 0.3 is 5.97 Å². The molecule has 0 radical (unpaired) electrons. The summed E-state index contributed by atoms with van der Waals surface area (Å²) in [7, 11) is 0. The van der Waals surface area contributed by atoms with Crippen LogP contribution in [-0.2, 0) is 16.1 Å². The first-order valence-corrected chi connectivity index (χ1v) is 10.1. The van der Waals surface area contributed by atoms with Crippen molar-refractivity contribution in [1.29, 1.82) is 0 Å². The maximum atomic E-state index is 13.6. The molecule has 0 aliphatic carbocycles. The van der Waals surface area contributed by atoms with Crippen molar-refractivity contribution < 1.29 is 28.2 Å². The summed E-state index contributed by atoms with van der Waals surface area (Å²) in [5.74, 6) is -0.134. The van der Waals surface area contributed by atoms with Crippen LogP contribution in [0.1, 0.15) is 15.2 Å². The number of benzene rings is 2. The highest BCUT2D eigenvalue weighted by atomic mass is 32.1. The second kappa shape index (κ2) is 8.96. The van der Waals surface area contributed by atoms with Gasteiger partial charge in [0.05, 0.1) is 0 Å². The molecule has 0 unspecified atom stereocenters. The van der Waals surface area contributed by atoms with Gasteiger partial charge < -0.3 is 19.5 Å². The number of hydrogen-bond acceptors (Lipinski definition) is 6. The van der Waals surface area contributed by atoms with Crippen LogP contribution in [0.15, 0.2) is 54.6 Å². The van der Waals surface area contributed by atoms with Crippen LogP contribution < -0.4 is 14.8 Å². The highest BCUT2D eigenvalue weighted by Gasteiger charge is 2.16. The number of ether oxygens (including phenoxy) is 3. The van der Waals surface area contributed by atoms with Crippen LogP contribution in [0.4, 0.5) is 4.39 Å². The quantitative estimate of drug-likeness (QED) is 0.606. The molecule has 1 aliphatic rings. The van der Waals surface area contributed by atoms with Gasteiger partial charge in [0.2, 0.25) is 0 Å². The van der Waals surface area contributed by atoms with Crippen LogP contribution in [-0.4, -0.2) is 31.7 Å². The summed E-state index contributed by atoms with van der Waals surface area (Å²) in [6.45, 7) is 0.605. The SMILES string of the molecule is O=C(COC(=O)c1ccc(-c2ccc3c(c2)OCCO3)s1)NCc1ccccc1F. The van der Waals surface area contributed by atoms with E-state index in [4.69, 9.17) is 14.2 Å². The van der Waals surface area contributed by atoms with Gasteiger partial charge in [0.15, 0.2) is 18.1 Å². The van der Waals surface area contributed by atoms with E-state index >= 15 is 0 Å². The molecule has 2 heterocycles. The van der Waals surface area contributed by atoms with Gasteiger partial charge in [0.25, 0.3) is 5.91 Å². The second-order valence-electron chi connectivity index (χ2n) is 6.47. The Balaban J connectivity index is 1.32. The number of carbonyl (C=O) groups is 2. The maximum Gasteiger partial charge on any atom is 0.348 e. The molecule has 4 rings (SSSR count). The lowest BCUT2D eigenvalue weighted by Gasteiger charge is -2.18. The van der Waals surface area contributed by atoms with Gasteiger partial charge in [-0.05, 0) is 42.0 Å². The van der Waals surface area contributed by atoms with Crippen LogP contribution in [0.25, 0.3) is 10.4 Å². The number of rotatable bonds is 6. The minimum atomic E-state index is -0.593. The van der Waals surface area contributed by atoms with E-state index < -0.39 is 24.3 Å². The van der Waals surface area contributed by atoms with E-state index in [0.717, 1.165) is 10.4 Å². The molecular formula is C22H18FNO5S. The number of nitrogens with one attached hydrogen (secondary N) is 1. The Hall–Kier alpha value is -3.39. The fraction of sp³-hybridized carbons (Fsp3) is 0.182. The second-order valence-corrected chi connectivity index (χ2v) is 7.55. The van der Waals surface area contributed by atoms with Gasteiger partial charge in [-0.3, -0.25) is 4.79 Å². The van der Waals surface area contributed by atoms with Crippen LogP contribution in [0.3, 0.4) is 0 Å². The third kappa shape index (κ3) is 4.60. The molecule has 0 bridgehead atoms. The zero-order valence-electron chi connectivity index (χ0n) is 15.9. The number of halogens is 1. The van der Waals surface area contributed by atoms with E-state index in [1.807, 2.05) is 24.3 Å². The Kier molecular flexibility index (Phi) is 5.94. The Morgan fingerprint density at radius 2 is 1.83 bits per heavy atom. The zero-order valence-corrected chi connectivity index (χ0v) is 16.7. The Bertz CT molecular complexity index is 1080. The van der Waals surface area contributed by atoms with Crippen LogP contribution >= 0.6 is 11.3 Å². The van der Waals surface area contributed by atoms with Gasteiger partial charge in [0, 0.05) is 17.0 Å². The lowest BCUT2D eigenvalue weighted by Crippen LogP contribution is -2.28. The predicted octanol–water partition coefficient (Wildman–Crippen LogP) is 3.80. The summed E-state index contributed by atoms with van der Waals surface area (Å²) >= 11 is 1.26. The lowest BCUT2D eigenvalue weighted by molar-refractivity contribution is -0.124. The topological polar surface area (TPSA) is 73.9 Å². The molecule has 0 spiro atoms. The monoisotopic (exact) mass is 427 g/mol. The van der Waals surface area contributed by atoms with Gasteiger partial charge in [0.1, 0.15) is 23.9 Å². The first-order valence-electron chi connectivity index (χ1n) is 9.27. The number of hydrogen-bond donors (Lipinski definition) is 1. The molecule has 1 aliphatic heterocycles. The molecule has 1 N–H and O–H groups in total. The summed E-state index contributed by atoms with van der Waals surface area (Å²) < 4.78 is 29.7. The van der Waals surface area contributed by atoms with Crippen LogP contribution in [0, 0.1) is 5.82 Å². The van der Waals surface area contributed by atoms with E-state index in [0.29, 0.717) is 35.2 Å². The molecule has 6 nitrogen and oxygen atoms in total. The van der Waals surface area contributed by atoms with Crippen molar-refractivity contribution in [1.82, 2.24) is 5.32 Å². The predicted molar refractivity (Wildman–Crippen MR) is 109 cm³/mol. The third-order valence-corrected chi connectivity index (χ3v) is 5.52. The standard InChI is InChI=1S/C22H18FNO5S/c23-16-4-2-1-3-15(16)12-24-21(25)13-29-22(26)20-8-7-19(30-20)14-5-6-17-18(11-14)28-10-9-27-17/h1-8,11H,9-10,12-13H2,(H,24,25). The van der Waals surface area contributed by atoms with E-state index in [2.05, 4.69) is 5.32 Å². The van der Waals surface area contributed by atoms with Crippen LogP contribution in [0.5, 0.6) is 11.5 Å². The fourth-order valence-electron chi connectivity index (χ4n) is 2.89. The fourth-order valence-corrected chi connectivity index (χ4v) is 3.78. The Morgan fingerprint density at radius 3 is 2.67 bits per heavy atom. The third-order valence-electron chi connectivity index (χ3n) is 4.40. The van der Waals surface area contributed by atoms with Gasteiger partial charge in [-0.25, -0.2) is 9.18 Å². The summed E-state index contributed by atoms with van der Waals surface area (Å²) in [4.78, 5) is 25.4. The average molecular weight is 427 g/mol. The molecule has 0 saturated carbocycles. The molecule has 8 heteroatoms. The molecule has 0 fully saturated rings. The molecule has 0 saturated heterocycles. The van der Waals surface area contributed by atoms with Crippen molar-refractivity contribution in [3.05, 3.63) is 70.9 Å². The molecule has 154 valence electrons. The first kappa shape index (κ1) is 19.9. The zero-order chi connectivity index (χ0) is 20.9. The van der Waals surface area contributed by atoms with Crippen molar-refractivity contribution in [2.24, 2.45) is 0 Å². The molecule has 0 atom stereocenters. The van der Waals surface area contributed by atoms with Gasteiger partial charge in [-0.2, -0.15) is 0 Å². The summed E-state index contributed by atoms with van der Waals surface area (Å²) in [5.41, 5.74) is 1.26. The molecule has 2 aromatic carbocycles. The number of fused-ring (bicyclic) bond motifs is 1. The minimum absolute atomic E-state index is 0.0241. The van der Waals surface area contributed by atoms with Crippen molar-refractivity contribution in [3.63, 3.8) is 0 Å². The Morgan fingerprint density at radius 1 is 1.03 bits per heavy atom. The largest absolute Gasteiger partial charge is 0.486 e. The van der Waals surface area contributed by atoms with Crippen molar-refractivity contribution in [3.8, 4) is 21.9 Å². The Labute approximate surface area is 176 Å². The summed E-state index contributed by atoms with van der Waals surface area (Å²) in [6, 6.07) is 15.2. The molecule has 1 amide bonds. The minimum Gasteiger partial charge on any atom is -0.486 e. The maximum absolute atomic E-state index is 13.6. The summed E-state index contributed by atoms with van der Waals surface area (Å²) in [5, 5.41) is 2.53. The highest BCUT2D eigenvalue weighted by Crippen LogP contribution is 2.37. The van der Waals surface area contributed by atoms with E-state index in [1.54, 1.807) is 24.3 Å². The van der Waals surface area contributed by atoms with Crippen molar-refractivity contribution in [2.45, 2.75) is 6.54 Å². The number of carbonyl (C=O) groups excluding carboxylic acids is 2. The highest BCUT2D eigenvalue weighted by molar-refractivity contribution is 7.17. The van der Waals surface area contributed by atoms with Crippen molar-refractivity contribution >= 4 is 23.2 Å². The smallest absolute Gasteiger partial charge is 0.348 e.